The summed E-state index contributed by atoms with van der Waals surface area (Å²) in [7, 11) is -1.17. The SMILES string of the molecule is CC(C(=O)OC(C)(C)C)S(=O)C1CCOCC1. The number of esters is 1. The fourth-order valence-electron chi connectivity index (χ4n) is 1.68. The van der Waals surface area contributed by atoms with Crippen LogP contribution in [0.15, 0.2) is 0 Å². The zero-order chi connectivity index (χ0) is 13.1. The van der Waals surface area contributed by atoms with Crippen molar-refractivity contribution in [2.24, 2.45) is 0 Å². The van der Waals surface area contributed by atoms with E-state index in [9.17, 15) is 9.00 Å². The van der Waals surface area contributed by atoms with Crippen LogP contribution in [0.3, 0.4) is 0 Å². The van der Waals surface area contributed by atoms with Gasteiger partial charge in [-0.05, 0) is 40.5 Å². The molecule has 17 heavy (non-hydrogen) atoms. The maximum Gasteiger partial charge on any atom is 0.321 e. The Balaban J connectivity index is 2.53. The van der Waals surface area contributed by atoms with E-state index in [4.69, 9.17) is 9.47 Å². The lowest BCUT2D eigenvalue weighted by Crippen LogP contribution is -2.37. The number of carbonyl (C=O) groups excluding carboxylic acids is 1. The van der Waals surface area contributed by atoms with Gasteiger partial charge in [-0.1, -0.05) is 0 Å². The van der Waals surface area contributed by atoms with Gasteiger partial charge in [0.15, 0.2) is 0 Å². The third-order valence-corrected chi connectivity index (χ3v) is 4.60. The van der Waals surface area contributed by atoms with Gasteiger partial charge in [0.25, 0.3) is 0 Å². The Bertz CT molecular complexity index is 289. The largest absolute Gasteiger partial charge is 0.459 e. The first-order valence-corrected chi connectivity index (χ1v) is 7.29. The lowest BCUT2D eigenvalue weighted by molar-refractivity contribution is -0.153. The molecular formula is C12H22O4S. The van der Waals surface area contributed by atoms with Crippen LogP contribution < -0.4 is 0 Å². The molecule has 2 atom stereocenters. The second-order valence-electron chi connectivity index (χ2n) is 5.32. The van der Waals surface area contributed by atoms with Gasteiger partial charge in [0.2, 0.25) is 0 Å². The monoisotopic (exact) mass is 262 g/mol. The van der Waals surface area contributed by atoms with Crippen LogP contribution >= 0.6 is 0 Å². The second-order valence-corrected chi connectivity index (χ2v) is 7.35. The summed E-state index contributed by atoms with van der Waals surface area (Å²) >= 11 is 0. The smallest absolute Gasteiger partial charge is 0.321 e. The van der Waals surface area contributed by atoms with Gasteiger partial charge in [0, 0.05) is 29.3 Å². The van der Waals surface area contributed by atoms with Gasteiger partial charge in [0.1, 0.15) is 10.9 Å². The van der Waals surface area contributed by atoms with Crippen molar-refractivity contribution in [3.05, 3.63) is 0 Å². The predicted octanol–water partition coefficient (Wildman–Crippen LogP) is 1.64. The molecule has 0 saturated carbocycles. The number of hydrogen-bond acceptors (Lipinski definition) is 4. The molecule has 0 aromatic heterocycles. The standard InChI is InChI=1S/C12H22O4S/c1-9(11(13)16-12(2,3)4)17(14)10-5-7-15-8-6-10/h9-10H,5-8H2,1-4H3. The van der Waals surface area contributed by atoms with Crippen LogP contribution in [0.5, 0.6) is 0 Å². The van der Waals surface area contributed by atoms with Crippen LogP contribution in [0.4, 0.5) is 0 Å². The minimum Gasteiger partial charge on any atom is -0.459 e. The predicted molar refractivity (Wildman–Crippen MR) is 67.3 cm³/mol. The van der Waals surface area contributed by atoms with Gasteiger partial charge in [-0.3, -0.25) is 9.00 Å². The normalized spacial score (nSPS) is 21.9. The maximum absolute atomic E-state index is 12.2. The Labute approximate surface area is 106 Å². The Kier molecular flexibility index (Phi) is 5.13. The molecule has 100 valence electrons. The molecule has 0 amide bonds. The summed E-state index contributed by atoms with van der Waals surface area (Å²) < 4.78 is 22.6. The number of ether oxygens (including phenoxy) is 2. The van der Waals surface area contributed by atoms with Crippen LogP contribution in [0, 0.1) is 0 Å². The molecule has 0 bridgehead atoms. The first-order chi connectivity index (χ1) is 7.81. The zero-order valence-electron chi connectivity index (χ0n) is 11.0. The van der Waals surface area contributed by atoms with Gasteiger partial charge >= 0.3 is 5.97 Å². The Morgan fingerprint density at radius 3 is 2.35 bits per heavy atom. The Morgan fingerprint density at radius 1 is 1.35 bits per heavy atom. The van der Waals surface area contributed by atoms with E-state index in [-0.39, 0.29) is 11.2 Å². The molecule has 1 saturated heterocycles. The quantitative estimate of drug-likeness (QED) is 0.726. The zero-order valence-corrected chi connectivity index (χ0v) is 11.8. The van der Waals surface area contributed by atoms with E-state index in [1.54, 1.807) is 6.92 Å². The number of rotatable bonds is 3. The van der Waals surface area contributed by atoms with Crippen LogP contribution in [-0.2, 0) is 25.1 Å². The molecule has 1 rings (SSSR count). The first kappa shape index (κ1) is 14.6. The van der Waals surface area contributed by atoms with E-state index in [2.05, 4.69) is 0 Å². The average molecular weight is 262 g/mol. The van der Waals surface area contributed by atoms with Crippen LogP contribution in [0.2, 0.25) is 0 Å². The topological polar surface area (TPSA) is 52.6 Å². The molecule has 0 spiro atoms. The lowest BCUT2D eigenvalue weighted by Gasteiger charge is -2.26. The lowest BCUT2D eigenvalue weighted by atomic mass is 10.2. The van der Waals surface area contributed by atoms with E-state index < -0.39 is 21.7 Å². The van der Waals surface area contributed by atoms with Crippen molar-refractivity contribution in [3.63, 3.8) is 0 Å². The Morgan fingerprint density at radius 2 is 1.88 bits per heavy atom. The van der Waals surface area contributed by atoms with Crippen molar-refractivity contribution in [2.75, 3.05) is 13.2 Å². The molecular weight excluding hydrogens is 240 g/mol. The first-order valence-electron chi connectivity index (χ1n) is 6.01. The summed E-state index contributed by atoms with van der Waals surface area (Å²) in [4.78, 5) is 11.8. The van der Waals surface area contributed by atoms with Crippen molar-refractivity contribution in [2.45, 2.75) is 56.6 Å². The van der Waals surface area contributed by atoms with E-state index in [1.807, 2.05) is 20.8 Å². The number of carbonyl (C=O) groups is 1. The molecule has 0 aliphatic carbocycles. The van der Waals surface area contributed by atoms with Crippen LogP contribution in [-0.4, -0.2) is 39.5 Å². The van der Waals surface area contributed by atoms with Crippen molar-refractivity contribution in [1.82, 2.24) is 0 Å². The third kappa shape index (κ3) is 4.76. The van der Waals surface area contributed by atoms with Crippen molar-refractivity contribution < 1.29 is 18.5 Å². The van der Waals surface area contributed by atoms with Crippen molar-refractivity contribution in [3.8, 4) is 0 Å². The summed E-state index contributed by atoms with van der Waals surface area (Å²) in [6.07, 6.45) is 1.53. The van der Waals surface area contributed by atoms with E-state index in [0.29, 0.717) is 13.2 Å². The summed E-state index contributed by atoms with van der Waals surface area (Å²) in [6, 6.07) is 0. The molecule has 0 aromatic rings. The summed E-state index contributed by atoms with van der Waals surface area (Å²) in [5, 5.41) is -0.497. The van der Waals surface area contributed by atoms with Crippen molar-refractivity contribution >= 4 is 16.8 Å². The van der Waals surface area contributed by atoms with Crippen LogP contribution in [0.1, 0.15) is 40.5 Å². The minimum absolute atomic E-state index is 0.0614. The third-order valence-electron chi connectivity index (χ3n) is 2.58. The molecule has 2 unspecified atom stereocenters. The molecule has 0 aromatic carbocycles. The summed E-state index contributed by atoms with van der Waals surface area (Å²) in [5.41, 5.74) is -0.523. The van der Waals surface area contributed by atoms with Crippen LogP contribution in [0.25, 0.3) is 0 Å². The van der Waals surface area contributed by atoms with Gasteiger partial charge in [-0.15, -0.1) is 0 Å². The average Bonchev–Trinajstić information content (AvgIpc) is 2.26. The minimum atomic E-state index is -1.17. The number of hydrogen-bond donors (Lipinski definition) is 0. The highest BCUT2D eigenvalue weighted by molar-refractivity contribution is 7.87. The molecule has 1 aliphatic rings. The molecule has 4 nitrogen and oxygen atoms in total. The van der Waals surface area contributed by atoms with Gasteiger partial charge < -0.3 is 9.47 Å². The van der Waals surface area contributed by atoms with E-state index >= 15 is 0 Å². The van der Waals surface area contributed by atoms with Gasteiger partial charge in [0.05, 0.1) is 0 Å². The summed E-state index contributed by atoms with van der Waals surface area (Å²) in [5.74, 6) is -0.373. The highest BCUT2D eigenvalue weighted by Gasteiger charge is 2.31. The molecule has 0 radical (unpaired) electrons. The highest BCUT2D eigenvalue weighted by Crippen LogP contribution is 2.18. The highest BCUT2D eigenvalue weighted by atomic mass is 32.2. The Hall–Kier alpha value is -0.420. The fraction of sp³-hybridized carbons (Fsp3) is 0.917. The maximum atomic E-state index is 12.2. The van der Waals surface area contributed by atoms with E-state index in [1.165, 1.54) is 0 Å². The molecule has 1 heterocycles. The fourth-order valence-corrected chi connectivity index (χ4v) is 3.15. The molecule has 0 N–H and O–H groups in total. The molecule has 5 heteroatoms. The summed E-state index contributed by atoms with van der Waals surface area (Å²) in [6.45, 7) is 8.40. The van der Waals surface area contributed by atoms with Gasteiger partial charge in [-0.25, -0.2) is 0 Å². The van der Waals surface area contributed by atoms with Crippen molar-refractivity contribution in [1.29, 1.82) is 0 Å². The van der Waals surface area contributed by atoms with Gasteiger partial charge in [-0.2, -0.15) is 0 Å². The molecule has 1 aliphatic heterocycles. The second kappa shape index (κ2) is 5.96. The molecule has 1 fully saturated rings. The van der Waals surface area contributed by atoms with E-state index in [0.717, 1.165) is 12.8 Å².